The standard InChI is InChI=1S/C16H19N5O3/c1-11-9-14(19-24-11)18-15(22)12-3-4-17-13(10-12)16(23)21-7-5-20(2)6-8-21/h3-4,9-10H,5-8H2,1-2H3,(H,18,19,22). The normalized spacial score (nSPS) is 15.3. The predicted octanol–water partition coefficient (Wildman–Crippen LogP) is 1.02. The maximum Gasteiger partial charge on any atom is 0.272 e. The largest absolute Gasteiger partial charge is 0.360 e. The number of rotatable bonds is 3. The molecule has 1 N–H and O–H groups in total. The number of piperazine rings is 1. The van der Waals surface area contributed by atoms with Crippen molar-refractivity contribution in [2.45, 2.75) is 6.92 Å². The van der Waals surface area contributed by atoms with Crippen LogP contribution in [0.4, 0.5) is 5.82 Å². The van der Waals surface area contributed by atoms with E-state index in [0.717, 1.165) is 13.1 Å². The Hall–Kier alpha value is -2.74. The summed E-state index contributed by atoms with van der Waals surface area (Å²) in [5, 5.41) is 6.34. The first kappa shape index (κ1) is 16.1. The van der Waals surface area contributed by atoms with Gasteiger partial charge in [-0.2, -0.15) is 0 Å². The first-order valence-electron chi connectivity index (χ1n) is 7.71. The van der Waals surface area contributed by atoms with E-state index in [1.807, 2.05) is 7.05 Å². The summed E-state index contributed by atoms with van der Waals surface area (Å²) in [6.45, 7) is 4.72. The molecule has 3 heterocycles. The molecule has 0 aliphatic carbocycles. The van der Waals surface area contributed by atoms with Crippen molar-refractivity contribution in [2.75, 3.05) is 38.5 Å². The van der Waals surface area contributed by atoms with E-state index in [2.05, 4.69) is 20.4 Å². The number of carbonyl (C=O) groups excluding carboxylic acids is 2. The minimum atomic E-state index is -0.363. The Balaban J connectivity index is 1.71. The number of aryl methyl sites for hydroxylation is 1. The number of hydrogen-bond acceptors (Lipinski definition) is 6. The fourth-order valence-electron chi connectivity index (χ4n) is 2.47. The summed E-state index contributed by atoms with van der Waals surface area (Å²) in [5.41, 5.74) is 0.617. The Kier molecular flexibility index (Phi) is 4.57. The topological polar surface area (TPSA) is 91.6 Å². The molecule has 0 bridgehead atoms. The minimum Gasteiger partial charge on any atom is -0.360 e. The molecule has 2 aromatic rings. The van der Waals surface area contributed by atoms with Crippen molar-refractivity contribution in [3.8, 4) is 0 Å². The average Bonchev–Trinajstić information content (AvgIpc) is 3.00. The minimum absolute atomic E-state index is 0.157. The second kappa shape index (κ2) is 6.79. The highest BCUT2D eigenvalue weighted by atomic mass is 16.5. The molecule has 1 aliphatic heterocycles. The zero-order chi connectivity index (χ0) is 17.1. The Labute approximate surface area is 139 Å². The van der Waals surface area contributed by atoms with Gasteiger partial charge in [-0.05, 0) is 26.1 Å². The first-order valence-corrected chi connectivity index (χ1v) is 7.71. The summed E-state index contributed by atoms with van der Waals surface area (Å²) in [6, 6.07) is 4.68. The third kappa shape index (κ3) is 3.60. The molecule has 0 unspecified atom stereocenters. The number of nitrogens with zero attached hydrogens (tertiary/aromatic N) is 4. The van der Waals surface area contributed by atoms with E-state index in [9.17, 15) is 9.59 Å². The summed E-state index contributed by atoms with van der Waals surface area (Å²) < 4.78 is 4.91. The molecule has 0 radical (unpaired) electrons. The monoisotopic (exact) mass is 329 g/mol. The summed E-state index contributed by atoms with van der Waals surface area (Å²) in [6.07, 6.45) is 1.46. The van der Waals surface area contributed by atoms with Crippen molar-refractivity contribution < 1.29 is 14.1 Å². The number of nitrogens with one attached hydrogen (secondary N) is 1. The molecule has 1 fully saturated rings. The Morgan fingerprint density at radius 2 is 1.96 bits per heavy atom. The summed E-state index contributed by atoms with van der Waals surface area (Å²) in [7, 11) is 2.02. The van der Waals surface area contributed by atoms with Crippen molar-refractivity contribution in [3.63, 3.8) is 0 Å². The molecule has 1 aliphatic rings. The summed E-state index contributed by atoms with van der Waals surface area (Å²) in [5.74, 6) is 0.417. The molecule has 126 valence electrons. The Bertz CT molecular complexity index is 750. The lowest BCUT2D eigenvalue weighted by Gasteiger charge is -2.32. The van der Waals surface area contributed by atoms with Crippen LogP contribution in [0.5, 0.6) is 0 Å². The van der Waals surface area contributed by atoms with Crippen LogP contribution in [0.25, 0.3) is 0 Å². The lowest BCUT2D eigenvalue weighted by Crippen LogP contribution is -2.47. The number of amides is 2. The van der Waals surface area contributed by atoms with Crippen LogP contribution in [0.1, 0.15) is 26.6 Å². The van der Waals surface area contributed by atoms with Crippen LogP contribution in [-0.2, 0) is 0 Å². The number of pyridine rings is 1. The van der Waals surface area contributed by atoms with E-state index in [0.29, 0.717) is 30.2 Å². The van der Waals surface area contributed by atoms with Crippen LogP contribution < -0.4 is 5.32 Å². The van der Waals surface area contributed by atoms with Gasteiger partial charge >= 0.3 is 0 Å². The van der Waals surface area contributed by atoms with E-state index < -0.39 is 0 Å². The van der Waals surface area contributed by atoms with Crippen molar-refractivity contribution in [3.05, 3.63) is 41.4 Å². The number of likely N-dealkylation sites (N-methyl/N-ethyl adjacent to an activating group) is 1. The van der Waals surface area contributed by atoms with Crippen LogP contribution in [0.2, 0.25) is 0 Å². The lowest BCUT2D eigenvalue weighted by molar-refractivity contribution is 0.0658. The van der Waals surface area contributed by atoms with Gasteiger partial charge in [-0.25, -0.2) is 0 Å². The van der Waals surface area contributed by atoms with Crippen LogP contribution in [-0.4, -0.2) is 65.0 Å². The van der Waals surface area contributed by atoms with Gasteiger partial charge in [0, 0.05) is 44.0 Å². The Morgan fingerprint density at radius 1 is 1.21 bits per heavy atom. The zero-order valence-electron chi connectivity index (χ0n) is 13.7. The number of anilines is 1. The average molecular weight is 329 g/mol. The third-order valence-electron chi connectivity index (χ3n) is 3.90. The van der Waals surface area contributed by atoms with E-state index in [-0.39, 0.29) is 17.5 Å². The molecular formula is C16H19N5O3. The fraction of sp³-hybridized carbons (Fsp3) is 0.375. The molecular weight excluding hydrogens is 310 g/mol. The van der Waals surface area contributed by atoms with Crippen molar-refractivity contribution in [1.82, 2.24) is 19.9 Å². The first-order chi connectivity index (χ1) is 11.5. The zero-order valence-corrected chi connectivity index (χ0v) is 13.7. The fourth-order valence-corrected chi connectivity index (χ4v) is 2.47. The number of aromatic nitrogens is 2. The molecule has 2 aromatic heterocycles. The smallest absolute Gasteiger partial charge is 0.272 e. The predicted molar refractivity (Wildman–Crippen MR) is 86.8 cm³/mol. The van der Waals surface area contributed by atoms with Crippen LogP contribution in [0.3, 0.4) is 0 Å². The Morgan fingerprint density at radius 3 is 2.62 bits per heavy atom. The van der Waals surface area contributed by atoms with Gasteiger partial charge in [0.25, 0.3) is 11.8 Å². The highest BCUT2D eigenvalue weighted by Crippen LogP contribution is 2.12. The second-order valence-electron chi connectivity index (χ2n) is 5.80. The molecule has 0 spiro atoms. The summed E-state index contributed by atoms with van der Waals surface area (Å²) >= 11 is 0. The van der Waals surface area contributed by atoms with E-state index in [4.69, 9.17) is 4.52 Å². The van der Waals surface area contributed by atoms with Gasteiger partial charge in [0.2, 0.25) is 0 Å². The van der Waals surface area contributed by atoms with Gasteiger partial charge in [0.1, 0.15) is 11.5 Å². The highest BCUT2D eigenvalue weighted by Gasteiger charge is 2.22. The summed E-state index contributed by atoms with van der Waals surface area (Å²) in [4.78, 5) is 32.8. The number of carbonyl (C=O) groups is 2. The van der Waals surface area contributed by atoms with Crippen molar-refractivity contribution in [2.24, 2.45) is 0 Å². The van der Waals surface area contributed by atoms with E-state index >= 15 is 0 Å². The maximum absolute atomic E-state index is 12.5. The second-order valence-corrected chi connectivity index (χ2v) is 5.80. The molecule has 3 rings (SSSR count). The van der Waals surface area contributed by atoms with E-state index in [1.165, 1.54) is 12.3 Å². The molecule has 0 saturated carbocycles. The molecule has 8 heteroatoms. The quantitative estimate of drug-likeness (QED) is 0.904. The molecule has 2 amide bonds. The van der Waals surface area contributed by atoms with E-state index in [1.54, 1.807) is 24.0 Å². The molecule has 24 heavy (non-hydrogen) atoms. The molecule has 8 nitrogen and oxygen atoms in total. The van der Waals surface area contributed by atoms with Crippen molar-refractivity contribution in [1.29, 1.82) is 0 Å². The van der Waals surface area contributed by atoms with Gasteiger partial charge < -0.3 is 19.6 Å². The van der Waals surface area contributed by atoms with Crippen LogP contribution in [0, 0.1) is 6.92 Å². The van der Waals surface area contributed by atoms with Crippen molar-refractivity contribution >= 4 is 17.6 Å². The van der Waals surface area contributed by atoms with Crippen LogP contribution in [0.15, 0.2) is 28.9 Å². The lowest BCUT2D eigenvalue weighted by atomic mass is 10.2. The SMILES string of the molecule is Cc1cc(NC(=O)c2ccnc(C(=O)N3CCN(C)CC3)c2)no1. The highest BCUT2D eigenvalue weighted by molar-refractivity contribution is 6.05. The van der Waals surface area contributed by atoms with Gasteiger partial charge in [0.15, 0.2) is 5.82 Å². The third-order valence-corrected chi connectivity index (χ3v) is 3.90. The molecule has 0 atom stereocenters. The molecule has 0 aromatic carbocycles. The number of hydrogen-bond donors (Lipinski definition) is 1. The molecule has 1 saturated heterocycles. The van der Waals surface area contributed by atoms with Gasteiger partial charge in [0.05, 0.1) is 0 Å². The van der Waals surface area contributed by atoms with Gasteiger partial charge in [-0.3, -0.25) is 14.6 Å². The van der Waals surface area contributed by atoms with Gasteiger partial charge in [-0.1, -0.05) is 5.16 Å². The maximum atomic E-state index is 12.5. The van der Waals surface area contributed by atoms with Crippen LogP contribution >= 0.6 is 0 Å². The van der Waals surface area contributed by atoms with Gasteiger partial charge in [-0.15, -0.1) is 0 Å².